The van der Waals surface area contributed by atoms with Crippen LogP contribution in [-0.2, 0) is 16.0 Å². The molecule has 6 nitrogen and oxygen atoms in total. The van der Waals surface area contributed by atoms with E-state index >= 15 is 0 Å². The van der Waals surface area contributed by atoms with Crippen molar-refractivity contribution in [3.05, 3.63) is 23.3 Å². The highest BCUT2D eigenvalue weighted by Crippen LogP contribution is 2.39. The summed E-state index contributed by atoms with van der Waals surface area (Å²) in [6, 6.07) is 2.82. The average Bonchev–Trinajstić information content (AvgIpc) is 2.42. The number of esters is 1. The van der Waals surface area contributed by atoms with Gasteiger partial charge in [0.2, 0.25) is 11.4 Å². The molecule has 0 saturated carbocycles. The van der Waals surface area contributed by atoms with Crippen LogP contribution in [0.25, 0.3) is 0 Å². The number of rotatable bonds is 2. The number of hydrogen-bond donors (Lipinski definition) is 2. The molecule has 0 radical (unpaired) electrons. The smallest absolute Gasteiger partial charge is 0.346 e. The molecular weight excluding hydrogens is 252 g/mol. The third kappa shape index (κ3) is 1.84. The van der Waals surface area contributed by atoms with Gasteiger partial charge in [0.05, 0.1) is 19.8 Å². The van der Waals surface area contributed by atoms with Gasteiger partial charge in [-0.3, -0.25) is 4.79 Å². The molecule has 0 heterocycles. The molecule has 0 fully saturated rings. The second-order valence-corrected chi connectivity index (χ2v) is 4.32. The molecule has 19 heavy (non-hydrogen) atoms. The zero-order valence-corrected chi connectivity index (χ0v) is 10.6. The molecule has 6 heteroatoms. The molecule has 102 valence electrons. The number of aliphatic hydroxyl groups is 1. The van der Waals surface area contributed by atoms with Crippen LogP contribution in [0.3, 0.4) is 0 Å². The maximum Gasteiger partial charge on any atom is 0.346 e. The molecule has 1 aromatic rings. The minimum atomic E-state index is -2.24. The normalized spacial score (nSPS) is 21.7. The Kier molecular flexibility index (Phi) is 3.20. The molecule has 1 aromatic carbocycles. The molecule has 1 atom stereocenters. The lowest BCUT2D eigenvalue weighted by Crippen LogP contribution is -2.50. The van der Waals surface area contributed by atoms with Crippen LogP contribution in [0.4, 0.5) is 0 Å². The number of ketones is 1. The molecule has 0 amide bonds. The number of aromatic hydroxyl groups is 1. The van der Waals surface area contributed by atoms with E-state index in [1.54, 1.807) is 0 Å². The van der Waals surface area contributed by atoms with Crippen molar-refractivity contribution in [3.63, 3.8) is 0 Å². The maximum absolute atomic E-state index is 12.3. The summed E-state index contributed by atoms with van der Waals surface area (Å²) in [5, 5.41) is 20.0. The van der Waals surface area contributed by atoms with Crippen molar-refractivity contribution in [2.45, 2.75) is 18.4 Å². The van der Waals surface area contributed by atoms with E-state index in [-0.39, 0.29) is 24.2 Å². The Labute approximate surface area is 109 Å². The van der Waals surface area contributed by atoms with Crippen molar-refractivity contribution in [3.8, 4) is 11.5 Å². The third-order valence-electron chi connectivity index (χ3n) is 3.33. The van der Waals surface area contributed by atoms with E-state index < -0.39 is 17.4 Å². The van der Waals surface area contributed by atoms with Gasteiger partial charge in [0.15, 0.2) is 0 Å². The number of fused-ring (bicyclic) bond motifs is 1. The van der Waals surface area contributed by atoms with E-state index in [2.05, 4.69) is 4.74 Å². The average molecular weight is 266 g/mol. The van der Waals surface area contributed by atoms with Gasteiger partial charge in [-0.15, -0.1) is 0 Å². The number of Topliss-reactive ketones (excluding diaryl/α,β-unsaturated/α-hetero) is 1. The summed E-state index contributed by atoms with van der Waals surface area (Å²) in [6.07, 6.45) is 0.121. The fourth-order valence-electron chi connectivity index (χ4n) is 2.30. The Bertz CT molecular complexity index is 550. The van der Waals surface area contributed by atoms with Gasteiger partial charge in [-0.1, -0.05) is 0 Å². The summed E-state index contributed by atoms with van der Waals surface area (Å²) in [6.45, 7) is 0. The molecule has 0 bridgehead atoms. The summed E-state index contributed by atoms with van der Waals surface area (Å²) >= 11 is 0. The quantitative estimate of drug-likeness (QED) is 0.595. The van der Waals surface area contributed by atoms with Crippen molar-refractivity contribution < 1.29 is 29.3 Å². The first-order chi connectivity index (χ1) is 8.95. The summed E-state index contributed by atoms with van der Waals surface area (Å²) in [4.78, 5) is 23.8. The number of ether oxygens (including phenoxy) is 2. The highest BCUT2D eigenvalue weighted by Gasteiger charge is 2.50. The van der Waals surface area contributed by atoms with Crippen molar-refractivity contribution in [2.24, 2.45) is 0 Å². The predicted molar refractivity (Wildman–Crippen MR) is 64.3 cm³/mol. The first kappa shape index (κ1) is 13.4. The Morgan fingerprint density at radius 1 is 1.37 bits per heavy atom. The SMILES string of the molecule is COC(=O)[C@@]1(O)CCc2c(OC)ccc(O)c2C1=O. The van der Waals surface area contributed by atoms with Crippen molar-refractivity contribution in [2.75, 3.05) is 14.2 Å². The number of phenols is 1. The van der Waals surface area contributed by atoms with Crippen LogP contribution in [-0.4, -0.2) is 41.8 Å². The lowest BCUT2D eigenvalue weighted by molar-refractivity contribution is -0.157. The number of benzene rings is 1. The number of carbonyl (C=O) groups is 2. The standard InChI is InChI=1S/C13H14O6/c1-18-9-4-3-8(14)10-7(9)5-6-13(17,11(10)15)12(16)19-2/h3-4,14,17H,5-6H2,1-2H3/t13-/m1/s1. The lowest BCUT2D eigenvalue weighted by atomic mass is 9.78. The molecule has 2 rings (SSSR count). The zero-order chi connectivity index (χ0) is 14.2. The lowest BCUT2D eigenvalue weighted by Gasteiger charge is -2.30. The molecule has 0 saturated heterocycles. The van der Waals surface area contributed by atoms with E-state index in [1.807, 2.05) is 0 Å². The number of hydrogen-bond acceptors (Lipinski definition) is 6. The Morgan fingerprint density at radius 3 is 2.63 bits per heavy atom. The van der Waals surface area contributed by atoms with Crippen LogP contribution in [0.2, 0.25) is 0 Å². The van der Waals surface area contributed by atoms with Gasteiger partial charge < -0.3 is 19.7 Å². The highest BCUT2D eigenvalue weighted by atomic mass is 16.5. The van der Waals surface area contributed by atoms with E-state index in [9.17, 15) is 19.8 Å². The van der Waals surface area contributed by atoms with E-state index in [0.29, 0.717) is 11.3 Å². The molecule has 0 unspecified atom stereocenters. The van der Waals surface area contributed by atoms with Gasteiger partial charge in [-0.05, 0) is 25.0 Å². The van der Waals surface area contributed by atoms with Crippen LogP contribution in [0.1, 0.15) is 22.3 Å². The summed E-state index contributed by atoms with van der Waals surface area (Å²) in [5.41, 5.74) is -1.84. The summed E-state index contributed by atoms with van der Waals surface area (Å²) in [5.74, 6) is -1.74. The number of phenolic OH excluding ortho intramolecular Hbond substituents is 1. The van der Waals surface area contributed by atoms with Crippen molar-refractivity contribution in [1.29, 1.82) is 0 Å². The minimum Gasteiger partial charge on any atom is -0.507 e. The second kappa shape index (κ2) is 4.55. The fraction of sp³-hybridized carbons (Fsp3) is 0.385. The van der Waals surface area contributed by atoms with Crippen LogP contribution in [0.15, 0.2) is 12.1 Å². The fourth-order valence-corrected chi connectivity index (χ4v) is 2.30. The van der Waals surface area contributed by atoms with Gasteiger partial charge in [0, 0.05) is 5.56 Å². The zero-order valence-electron chi connectivity index (χ0n) is 10.6. The topological polar surface area (TPSA) is 93.1 Å². The molecule has 0 aromatic heterocycles. The van der Waals surface area contributed by atoms with Crippen LogP contribution in [0.5, 0.6) is 11.5 Å². The summed E-state index contributed by atoms with van der Waals surface area (Å²) < 4.78 is 9.56. The molecule has 0 spiro atoms. The van der Waals surface area contributed by atoms with E-state index in [0.717, 1.165) is 7.11 Å². The largest absolute Gasteiger partial charge is 0.507 e. The monoisotopic (exact) mass is 266 g/mol. The molecule has 1 aliphatic rings. The van der Waals surface area contributed by atoms with Crippen molar-refractivity contribution >= 4 is 11.8 Å². The van der Waals surface area contributed by atoms with Crippen LogP contribution < -0.4 is 4.74 Å². The Hall–Kier alpha value is -2.08. The van der Waals surface area contributed by atoms with Crippen LogP contribution in [0, 0.1) is 0 Å². The van der Waals surface area contributed by atoms with Gasteiger partial charge in [-0.2, -0.15) is 0 Å². The first-order valence-electron chi connectivity index (χ1n) is 5.70. The minimum absolute atomic E-state index is 0.0847. The molecule has 0 aliphatic heterocycles. The van der Waals surface area contributed by atoms with Crippen LogP contribution >= 0.6 is 0 Å². The maximum atomic E-state index is 12.3. The van der Waals surface area contributed by atoms with Gasteiger partial charge in [0.1, 0.15) is 11.5 Å². The van der Waals surface area contributed by atoms with Gasteiger partial charge >= 0.3 is 5.97 Å². The Balaban J connectivity index is 2.59. The summed E-state index contributed by atoms with van der Waals surface area (Å²) in [7, 11) is 2.53. The molecule has 1 aliphatic carbocycles. The highest BCUT2D eigenvalue weighted by molar-refractivity contribution is 6.18. The first-order valence-corrected chi connectivity index (χ1v) is 5.70. The predicted octanol–water partition coefficient (Wildman–Crippen LogP) is 0.434. The third-order valence-corrected chi connectivity index (χ3v) is 3.33. The van der Waals surface area contributed by atoms with Gasteiger partial charge in [-0.25, -0.2) is 4.79 Å². The number of methoxy groups -OCH3 is 2. The molecule has 2 N–H and O–H groups in total. The van der Waals surface area contributed by atoms with Crippen molar-refractivity contribution in [1.82, 2.24) is 0 Å². The van der Waals surface area contributed by atoms with E-state index in [4.69, 9.17) is 4.74 Å². The van der Waals surface area contributed by atoms with Gasteiger partial charge in [0.25, 0.3) is 0 Å². The second-order valence-electron chi connectivity index (χ2n) is 4.32. The number of carbonyl (C=O) groups excluding carboxylic acids is 2. The Morgan fingerprint density at radius 2 is 2.05 bits per heavy atom. The van der Waals surface area contributed by atoms with E-state index in [1.165, 1.54) is 19.2 Å². The molecular formula is C13H14O6.